The summed E-state index contributed by atoms with van der Waals surface area (Å²) in [7, 11) is 1.45. The molecule has 4 heterocycles. The van der Waals surface area contributed by atoms with Gasteiger partial charge in [0, 0.05) is 17.3 Å². The summed E-state index contributed by atoms with van der Waals surface area (Å²) in [6, 6.07) is 1.65. The van der Waals surface area contributed by atoms with Gasteiger partial charge in [-0.2, -0.15) is 0 Å². The summed E-state index contributed by atoms with van der Waals surface area (Å²) in [5.41, 5.74) is 0.758. The van der Waals surface area contributed by atoms with Gasteiger partial charge < -0.3 is 18.9 Å². The van der Waals surface area contributed by atoms with Crippen LogP contribution < -0.4 is 10.2 Å². The van der Waals surface area contributed by atoms with Crippen molar-refractivity contribution in [1.82, 2.24) is 9.47 Å². The summed E-state index contributed by atoms with van der Waals surface area (Å²) in [5, 5.41) is 0. The smallest absolute Gasteiger partial charge is 0.277 e. The van der Waals surface area contributed by atoms with Crippen LogP contribution in [0.5, 0.6) is 5.75 Å². The average Bonchev–Trinajstić information content (AvgIpc) is 2.86. The Balaban J connectivity index is 1.96. The van der Waals surface area contributed by atoms with Crippen molar-refractivity contribution in [1.29, 1.82) is 0 Å². The zero-order valence-corrected chi connectivity index (χ0v) is 14.7. The fraction of sp³-hybridized carbons (Fsp3) is 0.667. The van der Waals surface area contributed by atoms with Gasteiger partial charge in [0.1, 0.15) is 0 Å². The minimum absolute atomic E-state index is 0.0479. The number of aryl methyl sites for hydroxylation is 1. The van der Waals surface area contributed by atoms with Crippen LogP contribution >= 0.6 is 0 Å². The number of hydrogen-bond donors (Lipinski definition) is 0. The lowest BCUT2D eigenvalue weighted by molar-refractivity contribution is -0.0967. The summed E-state index contributed by atoms with van der Waals surface area (Å²) in [5.74, 6) is 0.375. The second-order valence-corrected chi connectivity index (χ2v) is 7.88. The van der Waals surface area contributed by atoms with Crippen LogP contribution in [-0.2, 0) is 11.2 Å². The monoisotopic (exact) mass is 332 g/mol. The van der Waals surface area contributed by atoms with Crippen molar-refractivity contribution >= 4 is 5.91 Å². The number of carbonyl (C=O) groups is 1. The normalized spacial score (nSPS) is 30.6. The Morgan fingerprint density at radius 1 is 1.33 bits per heavy atom. The first-order valence-electron chi connectivity index (χ1n) is 8.63. The molecular formula is C18H24N2O4. The molecule has 0 spiro atoms. The van der Waals surface area contributed by atoms with Gasteiger partial charge in [0.05, 0.1) is 19.8 Å². The van der Waals surface area contributed by atoms with E-state index in [1.807, 2.05) is 9.47 Å². The number of amides is 1. The van der Waals surface area contributed by atoms with Crippen molar-refractivity contribution in [2.24, 2.45) is 5.92 Å². The van der Waals surface area contributed by atoms with Gasteiger partial charge in [0.25, 0.3) is 5.91 Å². The van der Waals surface area contributed by atoms with Crippen molar-refractivity contribution in [3.8, 4) is 5.75 Å². The maximum absolute atomic E-state index is 13.4. The summed E-state index contributed by atoms with van der Waals surface area (Å²) in [4.78, 5) is 27.6. The lowest BCUT2D eigenvalue weighted by Crippen LogP contribution is -2.59. The number of methoxy groups -OCH3 is 1. The lowest BCUT2D eigenvalue weighted by atomic mass is 9.89. The Morgan fingerprint density at radius 3 is 2.79 bits per heavy atom. The fourth-order valence-corrected chi connectivity index (χ4v) is 4.80. The van der Waals surface area contributed by atoms with E-state index >= 15 is 0 Å². The van der Waals surface area contributed by atoms with E-state index in [0.717, 1.165) is 25.0 Å². The lowest BCUT2D eigenvalue weighted by Gasteiger charge is -2.47. The summed E-state index contributed by atoms with van der Waals surface area (Å²) >= 11 is 0. The molecule has 4 rings (SSSR count). The van der Waals surface area contributed by atoms with Crippen molar-refractivity contribution in [2.45, 2.75) is 57.8 Å². The molecule has 3 aliphatic heterocycles. The molecule has 24 heavy (non-hydrogen) atoms. The first-order chi connectivity index (χ1) is 11.3. The van der Waals surface area contributed by atoms with Crippen molar-refractivity contribution in [3.05, 3.63) is 27.7 Å². The molecule has 0 radical (unpaired) electrons. The van der Waals surface area contributed by atoms with Crippen LogP contribution in [0.15, 0.2) is 10.9 Å². The summed E-state index contributed by atoms with van der Waals surface area (Å²) < 4.78 is 13.5. The molecule has 0 bridgehead atoms. The first kappa shape index (κ1) is 15.7. The molecule has 1 saturated heterocycles. The maximum atomic E-state index is 13.4. The Kier molecular flexibility index (Phi) is 3.33. The van der Waals surface area contributed by atoms with Gasteiger partial charge in [-0.05, 0) is 39.0 Å². The molecule has 0 N–H and O–H groups in total. The van der Waals surface area contributed by atoms with Gasteiger partial charge in [-0.25, -0.2) is 0 Å². The molecule has 6 nitrogen and oxygen atoms in total. The van der Waals surface area contributed by atoms with Crippen LogP contribution in [0.25, 0.3) is 0 Å². The highest BCUT2D eigenvalue weighted by molar-refractivity contribution is 5.97. The van der Waals surface area contributed by atoms with E-state index in [-0.39, 0.29) is 34.9 Å². The third-order valence-corrected chi connectivity index (χ3v) is 5.58. The van der Waals surface area contributed by atoms with Gasteiger partial charge in [-0.1, -0.05) is 6.92 Å². The topological polar surface area (TPSA) is 60.8 Å². The molecule has 1 fully saturated rings. The van der Waals surface area contributed by atoms with Crippen LogP contribution in [0.1, 0.15) is 55.8 Å². The van der Waals surface area contributed by atoms with Crippen LogP contribution in [0, 0.1) is 5.92 Å². The van der Waals surface area contributed by atoms with E-state index < -0.39 is 0 Å². The second kappa shape index (κ2) is 5.09. The quantitative estimate of drug-likeness (QED) is 0.789. The van der Waals surface area contributed by atoms with Crippen molar-refractivity contribution < 1.29 is 14.3 Å². The third-order valence-electron chi connectivity index (χ3n) is 5.58. The molecule has 0 aliphatic carbocycles. The molecule has 3 atom stereocenters. The Morgan fingerprint density at radius 2 is 2.08 bits per heavy atom. The Hall–Kier alpha value is -1.82. The molecule has 130 valence electrons. The minimum Gasteiger partial charge on any atom is -0.491 e. The summed E-state index contributed by atoms with van der Waals surface area (Å²) in [6.07, 6.45) is 2.25. The van der Waals surface area contributed by atoms with E-state index in [1.54, 1.807) is 6.07 Å². The minimum atomic E-state index is -0.331. The predicted octanol–water partition coefficient (Wildman–Crippen LogP) is 1.96. The molecule has 1 aromatic heterocycles. The fourth-order valence-electron chi connectivity index (χ4n) is 4.80. The van der Waals surface area contributed by atoms with E-state index in [9.17, 15) is 9.59 Å². The van der Waals surface area contributed by atoms with E-state index in [2.05, 4.69) is 20.8 Å². The average molecular weight is 332 g/mol. The number of pyridine rings is 1. The molecule has 3 aliphatic rings. The van der Waals surface area contributed by atoms with Gasteiger partial charge in [-0.3, -0.25) is 9.59 Å². The van der Waals surface area contributed by atoms with Gasteiger partial charge in [0.2, 0.25) is 5.43 Å². The summed E-state index contributed by atoms with van der Waals surface area (Å²) in [6.45, 7) is 6.97. The molecule has 1 aromatic rings. The number of aromatic nitrogens is 1. The van der Waals surface area contributed by atoms with E-state index in [1.165, 1.54) is 7.11 Å². The second-order valence-electron chi connectivity index (χ2n) is 7.88. The van der Waals surface area contributed by atoms with Crippen LogP contribution in [0.2, 0.25) is 0 Å². The molecule has 0 saturated carbocycles. The number of fused-ring (bicyclic) bond motifs is 2. The zero-order valence-electron chi connectivity index (χ0n) is 14.7. The molecule has 1 amide bonds. The third kappa shape index (κ3) is 1.98. The zero-order chi connectivity index (χ0) is 17.2. The number of carbonyl (C=O) groups excluding carboxylic acids is 1. The highest BCUT2D eigenvalue weighted by Crippen LogP contribution is 2.44. The SMILES string of the molecule is COc1c2n3c(cc1=O)CCC3C1OCC(C)CC(C)(C)N1C2=O. The maximum Gasteiger partial charge on any atom is 0.277 e. The van der Waals surface area contributed by atoms with Gasteiger partial charge in [0.15, 0.2) is 17.7 Å². The molecular weight excluding hydrogens is 308 g/mol. The predicted molar refractivity (Wildman–Crippen MR) is 88.4 cm³/mol. The standard InChI is InChI=1S/C18H24N2O4/c1-10-8-18(2,3)20-16(22)14-15(23-4)13(21)7-11-5-6-12(19(11)14)17(20)24-9-10/h7,10,12,17H,5-6,8-9H2,1-4H3. The number of rotatable bonds is 1. The Bertz CT molecular complexity index is 767. The van der Waals surface area contributed by atoms with E-state index in [4.69, 9.17) is 9.47 Å². The van der Waals surface area contributed by atoms with Crippen molar-refractivity contribution in [3.63, 3.8) is 0 Å². The van der Waals surface area contributed by atoms with Crippen LogP contribution in [0.3, 0.4) is 0 Å². The molecule has 0 aromatic carbocycles. The van der Waals surface area contributed by atoms with Gasteiger partial charge in [-0.15, -0.1) is 0 Å². The first-order valence-corrected chi connectivity index (χ1v) is 8.63. The van der Waals surface area contributed by atoms with Crippen LogP contribution in [-0.4, -0.2) is 40.9 Å². The van der Waals surface area contributed by atoms with Gasteiger partial charge >= 0.3 is 0 Å². The molecule has 3 unspecified atom stereocenters. The largest absolute Gasteiger partial charge is 0.491 e. The molecule has 6 heteroatoms. The Labute approximate surface area is 141 Å². The highest BCUT2D eigenvalue weighted by atomic mass is 16.5. The number of hydrogen-bond acceptors (Lipinski definition) is 4. The van der Waals surface area contributed by atoms with Crippen LogP contribution in [0.4, 0.5) is 0 Å². The number of nitrogens with zero attached hydrogens (tertiary/aromatic N) is 2. The van der Waals surface area contributed by atoms with E-state index in [0.29, 0.717) is 18.2 Å². The highest BCUT2D eigenvalue weighted by Gasteiger charge is 2.51. The van der Waals surface area contributed by atoms with Crippen molar-refractivity contribution in [2.75, 3.05) is 13.7 Å². The number of ether oxygens (including phenoxy) is 2.